The van der Waals surface area contributed by atoms with E-state index >= 15 is 0 Å². The molecule has 1 heterocycles. The maximum absolute atomic E-state index is 11.9. The third kappa shape index (κ3) is 3.36. The van der Waals surface area contributed by atoms with E-state index in [4.69, 9.17) is 0 Å². The molecule has 4 nitrogen and oxygen atoms in total. The van der Waals surface area contributed by atoms with Crippen LogP contribution in [0.1, 0.15) is 32.6 Å². The number of carbonyl (C=O) groups excluding carboxylic acids is 2. The van der Waals surface area contributed by atoms with Crippen LogP contribution < -0.4 is 5.32 Å². The van der Waals surface area contributed by atoms with Gasteiger partial charge in [-0.15, -0.1) is 0 Å². The molecule has 90 valence electrons. The van der Waals surface area contributed by atoms with Crippen LogP contribution in [0, 0.1) is 0 Å². The van der Waals surface area contributed by atoms with Crippen LogP contribution in [0.4, 0.5) is 0 Å². The molecule has 1 rings (SSSR count). The highest BCUT2D eigenvalue weighted by Crippen LogP contribution is 2.14. The summed E-state index contributed by atoms with van der Waals surface area (Å²) in [4.78, 5) is 24.1. The summed E-state index contributed by atoms with van der Waals surface area (Å²) in [5.41, 5.74) is 0.600. The van der Waals surface area contributed by atoms with Crippen molar-refractivity contribution < 1.29 is 9.59 Å². The zero-order valence-electron chi connectivity index (χ0n) is 9.87. The van der Waals surface area contributed by atoms with Gasteiger partial charge in [0.05, 0.1) is 0 Å². The first-order valence-corrected chi connectivity index (χ1v) is 5.85. The number of nitrogens with zero attached hydrogens (tertiary/aromatic N) is 1. The molecule has 16 heavy (non-hydrogen) atoms. The minimum Gasteiger partial charge on any atom is -0.356 e. The fourth-order valence-electron chi connectivity index (χ4n) is 1.95. The Labute approximate surface area is 96.7 Å². The number of likely N-dealkylation sites (tertiary alicyclic amines) is 1. The fraction of sp³-hybridized carbons (Fsp3) is 0.667. The summed E-state index contributed by atoms with van der Waals surface area (Å²) in [5, 5.41) is 2.70. The highest BCUT2D eigenvalue weighted by molar-refractivity contribution is 5.93. The first kappa shape index (κ1) is 12.7. The van der Waals surface area contributed by atoms with E-state index in [1.807, 2.05) is 11.8 Å². The smallest absolute Gasteiger partial charge is 0.249 e. The van der Waals surface area contributed by atoms with Crippen LogP contribution >= 0.6 is 0 Å². The first-order valence-electron chi connectivity index (χ1n) is 5.85. The molecule has 0 aliphatic carbocycles. The highest BCUT2D eigenvalue weighted by atomic mass is 16.2. The van der Waals surface area contributed by atoms with E-state index in [9.17, 15) is 9.59 Å². The van der Waals surface area contributed by atoms with Crippen LogP contribution in [0.5, 0.6) is 0 Å². The van der Waals surface area contributed by atoms with Crippen molar-refractivity contribution in [2.75, 3.05) is 13.1 Å². The molecule has 1 fully saturated rings. The van der Waals surface area contributed by atoms with Crippen LogP contribution in [-0.2, 0) is 9.59 Å². The molecule has 0 aromatic carbocycles. The molecule has 0 unspecified atom stereocenters. The Kier molecular flexibility index (Phi) is 5.02. The summed E-state index contributed by atoms with van der Waals surface area (Å²) in [6.45, 7) is 7.49. The Hall–Kier alpha value is -1.32. The minimum absolute atomic E-state index is 0.0246. The zero-order valence-corrected chi connectivity index (χ0v) is 9.87. The number of carbonyl (C=O) groups is 2. The average molecular weight is 224 g/mol. The van der Waals surface area contributed by atoms with E-state index in [0.717, 1.165) is 32.4 Å². The van der Waals surface area contributed by atoms with E-state index in [0.29, 0.717) is 18.4 Å². The molecule has 1 atom stereocenters. The topological polar surface area (TPSA) is 49.4 Å². The van der Waals surface area contributed by atoms with Crippen molar-refractivity contribution in [1.29, 1.82) is 0 Å². The number of nitrogens with one attached hydrogen (secondary N) is 1. The Morgan fingerprint density at radius 2 is 2.12 bits per heavy atom. The van der Waals surface area contributed by atoms with Crippen molar-refractivity contribution >= 4 is 12.3 Å². The van der Waals surface area contributed by atoms with Gasteiger partial charge in [0.2, 0.25) is 12.3 Å². The Bertz CT molecular complexity index is 270. The molecule has 2 amide bonds. The largest absolute Gasteiger partial charge is 0.356 e. The van der Waals surface area contributed by atoms with E-state index < -0.39 is 0 Å². The van der Waals surface area contributed by atoms with Gasteiger partial charge in [0.1, 0.15) is 0 Å². The van der Waals surface area contributed by atoms with Crippen LogP contribution in [0.15, 0.2) is 12.2 Å². The van der Waals surface area contributed by atoms with Crippen molar-refractivity contribution in [3.8, 4) is 0 Å². The molecular formula is C12H20N2O2. The lowest BCUT2D eigenvalue weighted by molar-refractivity contribution is -0.126. The van der Waals surface area contributed by atoms with Crippen molar-refractivity contribution in [1.82, 2.24) is 10.2 Å². The summed E-state index contributed by atoms with van der Waals surface area (Å²) in [7, 11) is 0. The monoisotopic (exact) mass is 224 g/mol. The van der Waals surface area contributed by atoms with Gasteiger partial charge in [-0.2, -0.15) is 0 Å². The van der Waals surface area contributed by atoms with E-state index in [2.05, 4.69) is 11.9 Å². The van der Waals surface area contributed by atoms with Crippen LogP contribution in [0.2, 0.25) is 0 Å². The molecule has 0 aromatic rings. The van der Waals surface area contributed by atoms with Gasteiger partial charge in [-0.25, -0.2) is 0 Å². The third-order valence-corrected chi connectivity index (χ3v) is 2.99. The predicted octanol–water partition coefficient (Wildman–Crippen LogP) is 1.08. The molecular weight excluding hydrogens is 204 g/mol. The average Bonchev–Trinajstić information content (AvgIpc) is 2.80. The minimum atomic E-state index is 0.0246. The summed E-state index contributed by atoms with van der Waals surface area (Å²) >= 11 is 0. The van der Waals surface area contributed by atoms with Gasteiger partial charge in [0.25, 0.3) is 0 Å². The van der Waals surface area contributed by atoms with Gasteiger partial charge >= 0.3 is 0 Å². The second-order valence-electron chi connectivity index (χ2n) is 4.20. The van der Waals surface area contributed by atoms with E-state index in [1.54, 1.807) is 0 Å². The molecule has 0 bridgehead atoms. The SMILES string of the molecule is C=C(C[C@H](CC)NC=O)C(=O)N1CCCC1. The van der Waals surface area contributed by atoms with Gasteiger partial charge in [-0.05, 0) is 25.7 Å². The molecule has 0 aromatic heterocycles. The van der Waals surface area contributed by atoms with Gasteiger partial charge in [0.15, 0.2) is 0 Å². The lowest BCUT2D eigenvalue weighted by Gasteiger charge is -2.20. The molecule has 0 radical (unpaired) electrons. The fourth-order valence-corrected chi connectivity index (χ4v) is 1.95. The van der Waals surface area contributed by atoms with Crippen LogP contribution in [-0.4, -0.2) is 36.3 Å². The highest BCUT2D eigenvalue weighted by Gasteiger charge is 2.21. The van der Waals surface area contributed by atoms with Crippen molar-refractivity contribution in [2.45, 2.75) is 38.6 Å². The third-order valence-electron chi connectivity index (χ3n) is 2.99. The molecule has 4 heteroatoms. The number of hydrogen-bond donors (Lipinski definition) is 1. The predicted molar refractivity (Wildman–Crippen MR) is 62.8 cm³/mol. The van der Waals surface area contributed by atoms with Crippen LogP contribution in [0.3, 0.4) is 0 Å². The number of hydrogen-bond acceptors (Lipinski definition) is 2. The maximum Gasteiger partial charge on any atom is 0.249 e. The van der Waals surface area contributed by atoms with Gasteiger partial charge in [-0.1, -0.05) is 13.5 Å². The lowest BCUT2D eigenvalue weighted by Crippen LogP contribution is -2.33. The molecule has 1 aliphatic rings. The van der Waals surface area contributed by atoms with Crippen LogP contribution in [0.25, 0.3) is 0 Å². The number of rotatable bonds is 6. The van der Waals surface area contributed by atoms with Gasteiger partial charge < -0.3 is 10.2 Å². The Morgan fingerprint density at radius 1 is 1.50 bits per heavy atom. The van der Waals surface area contributed by atoms with E-state index in [1.165, 1.54) is 0 Å². The lowest BCUT2D eigenvalue weighted by atomic mass is 10.0. The molecule has 0 spiro atoms. The normalized spacial score (nSPS) is 16.9. The molecule has 1 N–H and O–H groups in total. The van der Waals surface area contributed by atoms with E-state index in [-0.39, 0.29) is 11.9 Å². The molecule has 1 saturated heterocycles. The zero-order chi connectivity index (χ0) is 12.0. The van der Waals surface area contributed by atoms with Crippen molar-refractivity contribution in [2.24, 2.45) is 0 Å². The van der Waals surface area contributed by atoms with Gasteiger partial charge in [0, 0.05) is 24.7 Å². The standard InChI is InChI=1S/C12H20N2O2/c1-3-11(13-9-15)8-10(2)12(16)14-6-4-5-7-14/h9,11H,2-8H2,1H3,(H,13,15)/t11-/m0/s1. The summed E-state index contributed by atoms with van der Waals surface area (Å²) in [5.74, 6) is 0.0450. The number of amides is 2. The summed E-state index contributed by atoms with van der Waals surface area (Å²) in [6.07, 6.45) is 4.21. The second kappa shape index (κ2) is 6.30. The Balaban J connectivity index is 2.43. The first-order chi connectivity index (χ1) is 7.69. The summed E-state index contributed by atoms with van der Waals surface area (Å²) in [6, 6.07) is 0.0246. The molecule has 1 aliphatic heterocycles. The second-order valence-corrected chi connectivity index (χ2v) is 4.20. The van der Waals surface area contributed by atoms with Crippen molar-refractivity contribution in [3.63, 3.8) is 0 Å². The quantitative estimate of drug-likeness (QED) is 0.542. The van der Waals surface area contributed by atoms with Gasteiger partial charge in [-0.3, -0.25) is 9.59 Å². The Morgan fingerprint density at radius 3 is 2.62 bits per heavy atom. The van der Waals surface area contributed by atoms with Crippen molar-refractivity contribution in [3.05, 3.63) is 12.2 Å². The summed E-state index contributed by atoms with van der Waals surface area (Å²) < 4.78 is 0. The maximum atomic E-state index is 11.9. The molecule has 0 saturated carbocycles.